The lowest BCUT2D eigenvalue weighted by molar-refractivity contribution is -0.161. The SMILES string of the molecule is NCCC[C@@H](N)C(=O)OC(=O)[C@@H](N)Cc1cccc(S)c1. The normalized spacial score (nSPS) is 13.5. The van der Waals surface area contributed by atoms with E-state index in [-0.39, 0.29) is 6.42 Å². The number of esters is 2. The number of rotatable bonds is 7. The highest BCUT2D eigenvalue weighted by Gasteiger charge is 2.23. The van der Waals surface area contributed by atoms with Crippen LogP contribution in [0.25, 0.3) is 0 Å². The quantitative estimate of drug-likeness (QED) is 0.319. The van der Waals surface area contributed by atoms with Gasteiger partial charge in [-0.1, -0.05) is 12.1 Å². The first-order chi connectivity index (χ1) is 9.93. The Hall–Kier alpha value is -1.41. The van der Waals surface area contributed by atoms with E-state index in [2.05, 4.69) is 17.4 Å². The number of hydrogen-bond acceptors (Lipinski definition) is 7. The summed E-state index contributed by atoms with van der Waals surface area (Å²) in [5, 5.41) is 0. The third-order valence-corrected chi connectivity index (χ3v) is 3.17. The highest BCUT2D eigenvalue weighted by Crippen LogP contribution is 2.11. The van der Waals surface area contributed by atoms with E-state index in [0.717, 1.165) is 10.5 Å². The fourth-order valence-electron chi connectivity index (χ4n) is 1.73. The predicted molar refractivity (Wildman–Crippen MR) is 82.7 cm³/mol. The average molecular weight is 311 g/mol. The van der Waals surface area contributed by atoms with Gasteiger partial charge in [0, 0.05) is 4.90 Å². The van der Waals surface area contributed by atoms with Crippen molar-refractivity contribution in [2.45, 2.75) is 36.2 Å². The lowest BCUT2D eigenvalue weighted by atomic mass is 10.1. The van der Waals surface area contributed by atoms with Gasteiger partial charge in [0.15, 0.2) is 0 Å². The van der Waals surface area contributed by atoms with Crippen molar-refractivity contribution in [1.29, 1.82) is 0 Å². The average Bonchev–Trinajstić information content (AvgIpc) is 2.44. The Balaban J connectivity index is 2.49. The fourth-order valence-corrected chi connectivity index (χ4v) is 1.98. The molecule has 0 aliphatic rings. The molecule has 116 valence electrons. The third-order valence-electron chi connectivity index (χ3n) is 2.89. The minimum absolute atomic E-state index is 0.262. The molecule has 0 unspecified atom stereocenters. The molecule has 0 radical (unpaired) electrons. The van der Waals surface area contributed by atoms with Crippen LogP contribution >= 0.6 is 12.6 Å². The summed E-state index contributed by atoms with van der Waals surface area (Å²) in [6.07, 6.45) is 1.23. The molecule has 6 nitrogen and oxygen atoms in total. The number of nitrogens with two attached hydrogens (primary N) is 3. The van der Waals surface area contributed by atoms with Crippen molar-refractivity contribution in [3.05, 3.63) is 29.8 Å². The van der Waals surface area contributed by atoms with Crippen molar-refractivity contribution >= 4 is 24.6 Å². The van der Waals surface area contributed by atoms with E-state index in [9.17, 15) is 9.59 Å². The summed E-state index contributed by atoms with van der Waals surface area (Å²) in [6.45, 7) is 0.425. The minimum Gasteiger partial charge on any atom is -0.391 e. The molecule has 0 aliphatic heterocycles. The highest BCUT2D eigenvalue weighted by molar-refractivity contribution is 7.80. The van der Waals surface area contributed by atoms with Gasteiger partial charge in [-0.15, -0.1) is 12.6 Å². The fraction of sp³-hybridized carbons (Fsp3) is 0.429. The Morgan fingerprint density at radius 2 is 1.86 bits per heavy atom. The summed E-state index contributed by atoms with van der Waals surface area (Å²) in [4.78, 5) is 24.1. The van der Waals surface area contributed by atoms with Crippen LogP contribution < -0.4 is 17.2 Å². The van der Waals surface area contributed by atoms with Crippen LogP contribution in [0.4, 0.5) is 0 Å². The lowest BCUT2D eigenvalue weighted by Crippen LogP contribution is -2.40. The maximum absolute atomic E-state index is 11.8. The zero-order chi connectivity index (χ0) is 15.8. The van der Waals surface area contributed by atoms with E-state index in [1.165, 1.54) is 0 Å². The largest absolute Gasteiger partial charge is 0.391 e. The van der Waals surface area contributed by atoms with E-state index >= 15 is 0 Å². The van der Waals surface area contributed by atoms with Crippen LogP contribution in [0.1, 0.15) is 18.4 Å². The highest BCUT2D eigenvalue weighted by atomic mass is 32.1. The molecule has 0 fully saturated rings. The summed E-state index contributed by atoms with van der Waals surface area (Å²) >= 11 is 4.21. The molecule has 0 amide bonds. The van der Waals surface area contributed by atoms with Gasteiger partial charge in [0.25, 0.3) is 0 Å². The van der Waals surface area contributed by atoms with E-state index in [0.29, 0.717) is 19.4 Å². The number of carbonyl (C=O) groups excluding carboxylic acids is 2. The Morgan fingerprint density at radius 3 is 2.48 bits per heavy atom. The zero-order valence-corrected chi connectivity index (χ0v) is 12.6. The second-order valence-corrected chi connectivity index (χ2v) is 5.27. The zero-order valence-electron chi connectivity index (χ0n) is 11.7. The predicted octanol–water partition coefficient (Wildman–Crippen LogP) is -0.0189. The molecule has 2 atom stereocenters. The Morgan fingerprint density at radius 1 is 1.19 bits per heavy atom. The summed E-state index contributed by atoms with van der Waals surface area (Å²) in [7, 11) is 0. The topological polar surface area (TPSA) is 121 Å². The Labute approximate surface area is 129 Å². The van der Waals surface area contributed by atoms with Crippen LogP contribution in [0.3, 0.4) is 0 Å². The first-order valence-electron chi connectivity index (χ1n) is 6.68. The molecule has 21 heavy (non-hydrogen) atoms. The Kier molecular flexibility index (Phi) is 7.38. The maximum Gasteiger partial charge on any atom is 0.330 e. The smallest absolute Gasteiger partial charge is 0.330 e. The van der Waals surface area contributed by atoms with Crippen molar-refractivity contribution in [3.63, 3.8) is 0 Å². The Bertz CT molecular complexity index is 496. The number of carbonyl (C=O) groups is 2. The molecule has 0 bridgehead atoms. The molecule has 0 aliphatic carbocycles. The summed E-state index contributed by atoms with van der Waals surface area (Å²) in [5.41, 5.74) is 17.5. The van der Waals surface area contributed by atoms with Gasteiger partial charge < -0.3 is 21.9 Å². The van der Waals surface area contributed by atoms with Crippen LogP contribution in [-0.2, 0) is 20.7 Å². The molecule has 1 aromatic rings. The van der Waals surface area contributed by atoms with E-state index < -0.39 is 24.0 Å². The molecular formula is C14H21N3O3S. The van der Waals surface area contributed by atoms with Crippen LogP contribution in [-0.4, -0.2) is 30.6 Å². The molecule has 0 saturated heterocycles. The van der Waals surface area contributed by atoms with Crippen molar-refractivity contribution in [3.8, 4) is 0 Å². The molecular weight excluding hydrogens is 290 g/mol. The summed E-state index contributed by atoms with van der Waals surface area (Å²) < 4.78 is 4.69. The van der Waals surface area contributed by atoms with Gasteiger partial charge in [-0.25, -0.2) is 9.59 Å². The molecule has 0 aromatic heterocycles. The van der Waals surface area contributed by atoms with E-state index in [1.54, 1.807) is 6.07 Å². The first kappa shape index (κ1) is 17.6. The monoisotopic (exact) mass is 311 g/mol. The van der Waals surface area contributed by atoms with Gasteiger partial charge in [-0.3, -0.25) is 0 Å². The second kappa shape index (κ2) is 8.78. The molecule has 7 heteroatoms. The van der Waals surface area contributed by atoms with Gasteiger partial charge in [0.2, 0.25) is 0 Å². The van der Waals surface area contributed by atoms with E-state index in [4.69, 9.17) is 17.2 Å². The van der Waals surface area contributed by atoms with E-state index in [1.807, 2.05) is 18.2 Å². The van der Waals surface area contributed by atoms with Crippen molar-refractivity contribution in [2.75, 3.05) is 6.54 Å². The molecule has 0 heterocycles. The van der Waals surface area contributed by atoms with Crippen LogP contribution in [0.2, 0.25) is 0 Å². The molecule has 0 spiro atoms. The van der Waals surface area contributed by atoms with Gasteiger partial charge in [-0.05, 0) is 43.5 Å². The van der Waals surface area contributed by atoms with Crippen molar-refractivity contribution in [2.24, 2.45) is 17.2 Å². The number of thiol groups is 1. The van der Waals surface area contributed by atoms with Crippen molar-refractivity contribution < 1.29 is 14.3 Å². The molecule has 6 N–H and O–H groups in total. The van der Waals surface area contributed by atoms with Crippen LogP contribution in [0, 0.1) is 0 Å². The van der Waals surface area contributed by atoms with Gasteiger partial charge in [0.1, 0.15) is 12.1 Å². The summed E-state index contributed by atoms with van der Waals surface area (Å²) in [5.74, 6) is -1.56. The molecule has 1 aromatic carbocycles. The van der Waals surface area contributed by atoms with Gasteiger partial charge >= 0.3 is 11.9 Å². The number of hydrogen-bond donors (Lipinski definition) is 4. The standard InChI is InChI=1S/C14H21N3O3S/c15-6-2-5-11(16)13(18)20-14(19)12(17)8-9-3-1-4-10(21)7-9/h1,3-4,7,11-12,21H,2,5-6,8,15-17H2/t11-,12+/m1/s1. The molecule has 1 rings (SSSR count). The lowest BCUT2D eigenvalue weighted by Gasteiger charge is -2.13. The second-order valence-electron chi connectivity index (χ2n) is 4.76. The van der Waals surface area contributed by atoms with Crippen molar-refractivity contribution in [1.82, 2.24) is 0 Å². The number of benzene rings is 1. The number of ether oxygens (including phenoxy) is 1. The van der Waals surface area contributed by atoms with Gasteiger partial charge in [-0.2, -0.15) is 0 Å². The maximum atomic E-state index is 11.8. The van der Waals surface area contributed by atoms with Crippen LogP contribution in [0.5, 0.6) is 0 Å². The third kappa shape index (κ3) is 6.26. The molecule has 0 saturated carbocycles. The van der Waals surface area contributed by atoms with Crippen LogP contribution in [0.15, 0.2) is 29.2 Å². The summed E-state index contributed by atoms with van der Waals surface area (Å²) in [6, 6.07) is 5.46. The van der Waals surface area contributed by atoms with Gasteiger partial charge in [0.05, 0.1) is 0 Å². The first-order valence-corrected chi connectivity index (χ1v) is 7.13. The minimum atomic E-state index is -0.925.